The molecule has 1 aromatic carbocycles. The van der Waals surface area contributed by atoms with Gasteiger partial charge in [-0.05, 0) is 43.4 Å². The molecule has 0 bridgehead atoms. The van der Waals surface area contributed by atoms with E-state index in [1.807, 2.05) is 0 Å². The van der Waals surface area contributed by atoms with Crippen molar-refractivity contribution in [1.29, 1.82) is 0 Å². The van der Waals surface area contributed by atoms with Gasteiger partial charge < -0.3 is 5.11 Å². The number of ketones is 1. The van der Waals surface area contributed by atoms with Crippen molar-refractivity contribution >= 4 is 5.78 Å². The highest BCUT2D eigenvalue weighted by Crippen LogP contribution is 2.31. The second kappa shape index (κ2) is 4.34. The molecule has 0 aliphatic heterocycles. The minimum Gasteiger partial charge on any atom is -0.382 e. The van der Waals surface area contributed by atoms with Crippen molar-refractivity contribution in [3.05, 3.63) is 35.6 Å². The predicted octanol–water partition coefficient (Wildman–Crippen LogP) is 2.24. The molecule has 1 N–H and O–H groups in total. The third-order valence-electron chi connectivity index (χ3n) is 3.20. The second-order valence-electron chi connectivity index (χ2n) is 4.47. The Balaban J connectivity index is 2.07. The first-order chi connectivity index (χ1) is 7.60. The first-order valence-corrected chi connectivity index (χ1v) is 5.60. The van der Waals surface area contributed by atoms with Crippen molar-refractivity contribution < 1.29 is 14.3 Å². The molecule has 1 aromatic rings. The van der Waals surface area contributed by atoms with Crippen LogP contribution in [0.1, 0.15) is 31.2 Å². The van der Waals surface area contributed by atoms with Crippen LogP contribution in [-0.4, -0.2) is 16.5 Å². The van der Waals surface area contributed by atoms with Gasteiger partial charge in [0, 0.05) is 6.42 Å². The number of carbonyl (C=O) groups excluding carboxylic acids is 1. The summed E-state index contributed by atoms with van der Waals surface area (Å²) in [5, 5.41) is 10.0. The highest BCUT2D eigenvalue weighted by Gasteiger charge is 2.37. The van der Waals surface area contributed by atoms with Crippen LogP contribution in [0.3, 0.4) is 0 Å². The average Bonchev–Trinajstić information content (AvgIpc) is 2.66. The Labute approximate surface area is 94.1 Å². The van der Waals surface area contributed by atoms with Gasteiger partial charge in [0.25, 0.3) is 0 Å². The third kappa shape index (κ3) is 2.30. The molecule has 0 unspecified atom stereocenters. The van der Waals surface area contributed by atoms with Crippen molar-refractivity contribution in [1.82, 2.24) is 0 Å². The SMILES string of the molecule is O=C(Cc1cccc(F)c1)C1(O)CCCC1. The van der Waals surface area contributed by atoms with Gasteiger partial charge in [0.2, 0.25) is 0 Å². The van der Waals surface area contributed by atoms with E-state index in [1.165, 1.54) is 12.1 Å². The van der Waals surface area contributed by atoms with Gasteiger partial charge in [-0.3, -0.25) is 4.79 Å². The fraction of sp³-hybridized carbons (Fsp3) is 0.462. The zero-order valence-electron chi connectivity index (χ0n) is 9.08. The lowest BCUT2D eigenvalue weighted by molar-refractivity contribution is -0.136. The Morgan fingerprint density at radius 1 is 1.38 bits per heavy atom. The van der Waals surface area contributed by atoms with Crippen LogP contribution in [0.5, 0.6) is 0 Å². The van der Waals surface area contributed by atoms with Crippen LogP contribution >= 0.6 is 0 Å². The smallest absolute Gasteiger partial charge is 0.168 e. The first kappa shape index (κ1) is 11.3. The van der Waals surface area contributed by atoms with Gasteiger partial charge >= 0.3 is 0 Å². The lowest BCUT2D eigenvalue weighted by Crippen LogP contribution is -2.36. The van der Waals surface area contributed by atoms with E-state index in [-0.39, 0.29) is 18.0 Å². The van der Waals surface area contributed by atoms with Crippen molar-refractivity contribution in [3.8, 4) is 0 Å². The molecule has 0 saturated heterocycles. The number of carbonyl (C=O) groups is 1. The van der Waals surface area contributed by atoms with Crippen LogP contribution in [0, 0.1) is 5.82 Å². The maximum atomic E-state index is 12.9. The van der Waals surface area contributed by atoms with E-state index in [2.05, 4.69) is 0 Å². The normalized spacial score (nSPS) is 18.6. The molecule has 0 atom stereocenters. The molecule has 0 spiro atoms. The van der Waals surface area contributed by atoms with Gasteiger partial charge in [-0.15, -0.1) is 0 Å². The van der Waals surface area contributed by atoms with Gasteiger partial charge in [-0.1, -0.05) is 12.1 Å². The molecule has 0 radical (unpaired) electrons. The van der Waals surface area contributed by atoms with E-state index in [0.717, 1.165) is 12.8 Å². The standard InChI is InChI=1S/C13H15FO2/c14-11-5-3-4-10(8-11)9-12(15)13(16)6-1-2-7-13/h3-5,8,16H,1-2,6-7,9H2. The summed E-state index contributed by atoms with van der Waals surface area (Å²) in [4.78, 5) is 11.9. The zero-order valence-corrected chi connectivity index (χ0v) is 9.08. The molecule has 0 amide bonds. The van der Waals surface area contributed by atoms with E-state index in [1.54, 1.807) is 12.1 Å². The Hall–Kier alpha value is -1.22. The van der Waals surface area contributed by atoms with Crippen LogP contribution in [0.4, 0.5) is 4.39 Å². The monoisotopic (exact) mass is 222 g/mol. The largest absolute Gasteiger partial charge is 0.382 e. The number of aliphatic hydroxyl groups is 1. The van der Waals surface area contributed by atoms with Crippen LogP contribution in [-0.2, 0) is 11.2 Å². The lowest BCUT2D eigenvalue weighted by Gasteiger charge is -2.20. The van der Waals surface area contributed by atoms with Crippen LogP contribution in [0.25, 0.3) is 0 Å². The fourth-order valence-electron chi connectivity index (χ4n) is 2.24. The fourth-order valence-corrected chi connectivity index (χ4v) is 2.24. The highest BCUT2D eigenvalue weighted by molar-refractivity contribution is 5.89. The summed E-state index contributed by atoms with van der Waals surface area (Å²) in [6.45, 7) is 0. The summed E-state index contributed by atoms with van der Waals surface area (Å²) in [7, 11) is 0. The third-order valence-corrected chi connectivity index (χ3v) is 3.20. The Morgan fingerprint density at radius 2 is 2.06 bits per heavy atom. The van der Waals surface area contributed by atoms with Gasteiger partial charge in [0.05, 0.1) is 0 Å². The van der Waals surface area contributed by atoms with Crippen molar-refractivity contribution in [3.63, 3.8) is 0 Å². The minimum atomic E-state index is -1.16. The van der Waals surface area contributed by atoms with E-state index in [0.29, 0.717) is 18.4 Å². The molecule has 1 fully saturated rings. The molecule has 3 heteroatoms. The number of hydrogen-bond acceptors (Lipinski definition) is 2. The quantitative estimate of drug-likeness (QED) is 0.851. The van der Waals surface area contributed by atoms with Gasteiger partial charge in [-0.2, -0.15) is 0 Å². The topological polar surface area (TPSA) is 37.3 Å². The molecule has 1 aliphatic rings. The molecular formula is C13H15FO2. The van der Waals surface area contributed by atoms with E-state index < -0.39 is 5.60 Å². The van der Waals surface area contributed by atoms with E-state index in [9.17, 15) is 14.3 Å². The number of rotatable bonds is 3. The summed E-state index contributed by atoms with van der Waals surface area (Å²) in [6, 6.07) is 5.98. The number of Topliss-reactive ketones (excluding diaryl/α,β-unsaturated/α-hetero) is 1. The Bertz CT molecular complexity index is 395. The Morgan fingerprint density at radius 3 is 2.69 bits per heavy atom. The average molecular weight is 222 g/mol. The number of hydrogen-bond donors (Lipinski definition) is 1. The molecule has 2 nitrogen and oxygen atoms in total. The zero-order chi connectivity index (χ0) is 11.6. The minimum absolute atomic E-state index is 0.119. The summed E-state index contributed by atoms with van der Waals surface area (Å²) < 4.78 is 12.9. The second-order valence-corrected chi connectivity index (χ2v) is 4.47. The highest BCUT2D eigenvalue weighted by atomic mass is 19.1. The summed E-state index contributed by atoms with van der Waals surface area (Å²) >= 11 is 0. The number of halogens is 1. The Kier molecular flexibility index (Phi) is 3.06. The first-order valence-electron chi connectivity index (χ1n) is 5.60. The van der Waals surface area contributed by atoms with Gasteiger partial charge in [0.15, 0.2) is 5.78 Å². The maximum Gasteiger partial charge on any atom is 0.168 e. The molecule has 0 aromatic heterocycles. The maximum absolute atomic E-state index is 12.9. The summed E-state index contributed by atoms with van der Waals surface area (Å²) in [5.41, 5.74) is -0.530. The van der Waals surface area contributed by atoms with Crippen molar-refractivity contribution in [2.75, 3.05) is 0 Å². The van der Waals surface area contributed by atoms with Gasteiger partial charge in [-0.25, -0.2) is 4.39 Å². The summed E-state index contributed by atoms with van der Waals surface area (Å²) in [6.07, 6.45) is 2.99. The van der Waals surface area contributed by atoms with Crippen LogP contribution < -0.4 is 0 Å². The molecule has 2 rings (SSSR count). The lowest BCUT2D eigenvalue weighted by atomic mass is 9.92. The van der Waals surface area contributed by atoms with Crippen LogP contribution in [0.2, 0.25) is 0 Å². The molecule has 16 heavy (non-hydrogen) atoms. The van der Waals surface area contributed by atoms with Crippen LogP contribution in [0.15, 0.2) is 24.3 Å². The van der Waals surface area contributed by atoms with Gasteiger partial charge in [0.1, 0.15) is 11.4 Å². The predicted molar refractivity (Wildman–Crippen MR) is 58.5 cm³/mol. The molecule has 0 heterocycles. The molecular weight excluding hydrogens is 207 g/mol. The molecule has 1 saturated carbocycles. The van der Waals surface area contributed by atoms with Crippen molar-refractivity contribution in [2.45, 2.75) is 37.7 Å². The molecule has 86 valence electrons. The van der Waals surface area contributed by atoms with Crippen molar-refractivity contribution in [2.24, 2.45) is 0 Å². The molecule has 1 aliphatic carbocycles. The van der Waals surface area contributed by atoms with E-state index in [4.69, 9.17) is 0 Å². The van der Waals surface area contributed by atoms with E-state index >= 15 is 0 Å². The summed E-state index contributed by atoms with van der Waals surface area (Å²) in [5.74, 6) is -0.528. The number of benzene rings is 1.